The summed E-state index contributed by atoms with van der Waals surface area (Å²) in [5.41, 5.74) is 9.15. The maximum atomic E-state index is 5.52. The van der Waals surface area contributed by atoms with Crippen molar-refractivity contribution in [3.63, 3.8) is 0 Å². The van der Waals surface area contributed by atoms with Gasteiger partial charge in [0.25, 0.3) is 0 Å². The molecule has 0 aliphatic heterocycles. The molecule has 1 aromatic carbocycles. The van der Waals surface area contributed by atoms with Gasteiger partial charge < -0.3 is 10.7 Å². The number of nitrogens with zero attached hydrogens (tertiary/aromatic N) is 1. The average molecular weight is 245 g/mol. The van der Waals surface area contributed by atoms with Crippen LogP contribution in [0.25, 0.3) is 11.0 Å². The molecule has 3 N–H and O–H groups in total. The lowest BCUT2D eigenvalue weighted by Gasteiger charge is -2.13. The molecule has 0 aliphatic carbocycles. The van der Waals surface area contributed by atoms with Crippen LogP contribution < -0.4 is 5.73 Å². The fraction of sp³-hybridized carbons (Fsp3) is 0.533. The van der Waals surface area contributed by atoms with Gasteiger partial charge in [0.1, 0.15) is 5.82 Å². The van der Waals surface area contributed by atoms with E-state index >= 15 is 0 Å². The van der Waals surface area contributed by atoms with E-state index in [2.05, 4.69) is 48.9 Å². The Labute approximate surface area is 109 Å². The van der Waals surface area contributed by atoms with E-state index in [-0.39, 0.29) is 5.41 Å². The molecule has 98 valence electrons. The Hall–Kier alpha value is -1.35. The van der Waals surface area contributed by atoms with Crippen molar-refractivity contribution in [2.75, 3.05) is 6.54 Å². The summed E-state index contributed by atoms with van der Waals surface area (Å²) in [5.74, 6) is 1.05. The van der Waals surface area contributed by atoms with Gasteiger partial charge in [-0.25, -0.2) is 4.98 Å². The Morgan fingerprint density at radius 1 is 1.22 bits per heavy atom. The van der Waals surface area contributed by atoms with Crippen LogP contribution in [-0.2, 0) is 11.8 Å². The zero-order chi connectivity index (χ0) is 13.2. The molecule has 0 saturated carbocycles. The molecule has 0 radical (unpaired) electrons. The number of unbranched alkanes of at least 4 members (excludes halogenated alkanes) is 1. The van der Waals surface area contributed by atoms with E-state index in [0.717, 1.165) is 42.7 Å². The lowest BCUT2D eigenvalue weighted by atomic mass is 9.96. The fourth-order valence-corrected chi connectivity index (χ4v) is 2.04. The number of aryl methyl sites for hydroxylation is 1. The quantitative estimate of drug-likeness (QED) is 0.813. The van der Waals surface area contributed by atoms with Crippen molar-refractivity contribution in [1.29, 1.82) is 0 Å². The van der Waals surface area contributed by atoms with E-state index in [0.29, 0.717) is 0 Å². The fourth-order valence-electron chi connectivity index (χ4n) is 2.04. The number of hydrogen-bond acceptors (Lipinski definition) is 2. The van der Waals surface area contributed by atoms with Crippen LogP contribution in [0.2, 0.25) is 0 Å². The number of hydrogen-bond donors (Lipinski definition) is 2. The maximum absolute atomic E-state index is 5.52. The van der Waals surface area contributed by atoms with Gasteiger partial charge in [-0.1, -0.05) is 26.8 Å². The first kappa shape index (κ1) is 13.1. The highest BCUT2D eigenvalue weighted by Gasteiger charge is 2.18. The van der Waals surface area contributed by atoms with Crippen LogP contribution >= 0.6 is 0 Å². The number of aromatic amines is 1. The van der Waals surface area contributed by atoms with Gasteiger partial charge in [-0.15, -0.1) is 0 Å². The number of nitrogens with one attached hydrogen (secondary N) is 1. The Bertz CT molecular complexity index is 520. The second-order valence-electron chi connectivity index (χ2n) is 5.93. The number of imidazole rings is 1. The van der Waals surface area contributed by atoms with E-state index < -0.39 is 0 Å². The molecule has 0 fully saturated rings. The summed E-state index contributed by atoms with van der Waals surface area (Å²) >= 11 is 0. The van der Waals surface area contributed by atoms with Gasteiger partial charge in [0.2, 0.25) is 0 Å². The zero-order valence-corrected chi connectivity index (χ0v) is 11.6. The van der Waals surface area contributed by atoms with Crippen molar-refractivity contribution < 1.29 is 0 Å². The van der Waals surface area contributed by atoms with Crippen LogP contribution in [0.4, 0.5) is 0 Å². The summed E-state index contributed by atoms with van der Waals surface area (Å²) in [6.07, 6.45) is 3.34. The molecule has 3 nitrogen and oxygen atoms in total. The lowest BCUT2D eigenvalue weighted by Crippen LogP contribution is -2.12. The van der Waals surface area contributed by atoms with E-state index in [1.165, 1.54) is 5.56 Å². The molecule has 3 heteroatoms. The number of aromatic nitrogens is 2. The van der Waals surface area contributed by atoms with E-state index in [4.69, 9.17) is 5.73 Å². The molecule has 0 spiro atoms. The second-order valence-corrected chi connectivity index (χ2v) is 5.93. The molecule has 0 amide bonds. The molecule has 0 atom stereocenters. The minimum Gasteiger partial charge on any atom is -0.342 e. The number of nitrogens with two attached hydrogens (primary N) is 1. The first-order valence-electron chi connectivity index (χ1n) is 6.70. The maximum Gasteiger partial charge on any atom is 0.112 e. The monoisotopic (exact) mass is 245 g/mol. The molecule has 2 aromatic rings. The smallest absolute Gasteiger partial charge is 0.112 e. The average Bonchev–Trinajstić information content (AvgIpc) is 2.72. The zero-order valence-electron chi connectivity index (χ0n) is 11.6. The van der Waals surface area contributed by atoms with Gasteiger partial charge in [0, 0.05) is 5.41 Å². The van der Waals surface area contributed by atoms with Gasteiger partial charge in [0.05, 0.1) is 11.0 Å². The Kier molecular flexibility index (Phi) is 3.71. The highest BCUT2D eigenvalue weighted by Crippen LogP contribution is 2.23. The Morgan fingerprint density at radius 2 is 2.00 bits per heavy atom. The molecule has 1 heterocycles. The molecule has 1 aromatic heterocycles. The molecule has 18 heavy (non-hydrogen) atoms. The Morgan fingerprint density at radius 3 is 2.67 bits per heavy atom. The highest BCUT2D eigenvalue weighted by molar-refractivity contribution is 5.76. The predicted octanol–water partition coefficient (Wildman–Crippen LogP) is 3.14. The molecule has 0 unspecified atom stereocenters. The van der Waals surface area contributed by atoms with Crippen LogP contribution in [-0.4, -0.2) is 16.5 Å². The minimum atomic E-state index is 0.0682. The Balaban J connectivity index is 2.23. The van der Waals surface area contributed by atoms with Crippen LogP contribution in [0.1, 0.15) is 45.0 Å². The molecular weight excluding hydrogens is 222 g/mol. The van der Waals surface area contributed by atoms with Crippen LogP contribution in [0.5, 0.6) is 0 Å². The van der Waals surface area contributed by atoms with E-state index in [9.17, 15) is 0 Å². The van der Waals surface area contributed by atoms with Crippen molar-refractivity contribution in [2.24, 2.45) is 5.73 Å². The molecule has 0 bridgehead atoms. The summed E-state index contributed by atoms with van der Waals surface area (Å²) in [7, 11) is 0. The number of rotatable bonds is 4. The van der Waals surface area contributed by atoms with Gasteiger partial charge in [0.15, 0.2) is 0 Å². The van der Waals surface area contributed by atoms with Crippen molar-refractivity contribution in [2.45, 2.75) is 45.4 Å². The summed E-state index contributed by atoms with van der Waals surface area (Å²) in [4.78, 5) is 8.08. The third-order valence-corrected chi connectivity index (χ3v) is 3.18. The summed E-state index contributed by atoms with van der Waals surface area (Å²) in [5, 5.41) is 0. The third-order valence-electron chi connectivity index (χ3n) is 3.18. The van der Waals surface area contributed by atoms with Crippen LogP contribution in [0, 0.1) is 0 Å². The minimum absolute atomic E-state index is 0.0682. The van der Waals surface area contributed by atoms with Crippen molar-refractivity contribution in [3.05, 3.63) is 29.6 Å². The molecule has 0 aliphatic rings. The first-order chi connectivity index (χ1) is 8.50. The topological polar surface area (TPSA) is 54.7 Å². The highest BCUT2D eigenvalue weighted by atomic mass is 14.9. The number of fused-ring (bicyclic) bond motifs is 1. The van der Waals surface area contributed by atoms with Crippen molar-refractivity contribution in [3.8, 4) is 0 Å². The van der Waals surface area contributed by atoms with Crippen molar-refractivity contribution >= 4 is 11.0 Å². The number of benzene rings is 1. The normalized spacial score (nSPS) is 12.2. The number of H-pyrrole nitrogens is 1. The van der Waals surface area contributed by atoms with E-state index in [1.54, 1.807) is 0 Å². The van der Waals surface area contributed by atoms with E-state index in [1.807, 2.05) is 0 Å². The standard InChI is InChI=1S/C15H23N3/c1-15(2,3)14-17-12-8-7-11(6-4-5-9-16)10-13(12)18-14/h7-8,10H,4-6,9,16H2,1-3H3,(H,17,18). The van der Waals surface area contributed by atoms with Crippen LogP contribution in [0.15, 0.2) is 18.2 Å². The second kappa shape index (κ2) is 5.11. The SMILES string of the molecule is CC(C)(C)c1nc2ccc(CCCCN)cc2[nH]1. The van der Waals surface area contributed by atoms with Gasteiger partial charge in [-0.05, 0) is 43.5 Å². The van der Waals surface area contributed by atoms with Crippen LogP contribution in [0.3, 0.4) is 0 Å². The lowest BCUT2D eigenvalue weighted by molar-refractivity contribution is 0.554. The van der Waals surface area contributed by atoms with Gasteiger partial charge in [-0.3, -0.25) is 0 Å². The third kappa shape index (κ3) is 2.91. The summed E-state index contributed by atoms with van der Waals surface area (Å²) in [6, 6.07) is 6.50. The largest absolute Gasteiger partial charge is 0.342 e. The predicted molar refractivity (Wildman–Crippen MR) is 76.8 cm³/mol. The molecular formula is C15H23N3. The van der Waals surface area contributed by atoms with Crippen molar-refractivity contribution in [1.82, 2.24) is 9.97 Å². The van der Waals surface area contributed by atoms with Gasteiger partial charge in [-0.2, -0.15) is 0 Å². The molecule has 0 saturated heterocycles. The molecule has 2 rings (SSSR count). The summed E-state index contributed by atoms with van der Waals surface area (Å²) in [6.45, 7) is 7.30. The first-order valence-corrected chi connectivity index (χ1v) is 6.70. The summed E-state index contributed by atoms with van der Waals surface area (Å²) < 4.78 is 0. The van der Waals surface area contributed by atoms with Gasteiger partial charge >= 0.3 is 0 Å².